The number of halogens is 2. The van der Waals surface area contributed by atoms with Crippen molar-refractivity contribution in [1.82, 2.24) is 4.72 Å². The van der Waals surface area contributed by atoms with Crippen molar-refractivity contribution in [2.75, 3.05) is 0 Å². The molecule has 0 spiro atoms. The molecule has 0 saturated heterocycles. The Hall–Kier alpha value is 0.183. The molecule has 2 aliphatic rings. The first-order valence-electron chi connectivity index (χ1n) is 23.5. The van der Waals surface area contributed by atoms with E-state index in [1.165, 1.54) is 33.1 Å². The molecule has 10 heteroatoms. The molecule has 417 valence electrons. The third-order valence-electron chi connectivity index (χ3n) is 9.94. The fourth-order valence-electron chi connectivity index (χ4n) is 3.11. The summed E-state index contributed by atoms with van der Waals surface area (Å²) in [7, 11) is -2.94. The van der Waals surface area contributed by atoms with Gasteiger partial charge in [-0.3, -0.25) is 0 Å². The van der Waals surface area contributed by atoms with Gasteiger partial charge in [0.15, 0.2) is 0 Å². The van der Waals surface area contributed by atoms with Gasteiger partial charge in [-0.15, -0.1) is 0 Å². The summed E-state index contributed by atoms with van der Waals surface area (Å²) in [5.74, 6) is -0.153. The summed E-state index contributed by atoms with van der Waals surface area (Å²) < 4.78 is 62.4. The largest absolute Gasteiger partial charge is 2.00 e. The molecule has 0 amide bonds. The quantitative estimate of drug-likeness (QED) is 0.120. The Morgan fingerprint density at radius 3 is 0.940 bits per heavy atom. The topological polar surface area (TPSA) is 64.6 Å². The van der Waals surface area contributed by atoms with E-state index >= 15 is 0 Å². The van der Waals surface area contributed by atoms with Gasteiger partial charge < -0.3 is 24.3 Å². The van der Waals surface area contributed by atoms with Crippen LogP contribution >= 0.6 is 0 Å². The van der Waals surface area contributed by atoms with Crippen LogP contribution < -0.4 is 4.72 Å². The van der Waals surface area contributed by atoms with Gasteiger partial charge in [-0.1, -0.05) is 187 Å². The fourth-order valence-corrected chi connectivity index (χ4v) is 4.72. The first-order valence-corrected chi connectivity index (χ1v) is 25.1. The van der Waals surface area contributed by atoms with Crippen molar-refractivity contribution < 1.29 is 47.7 Å². The third-order valence-corrected chi connectivity index (χ3v) is 12.1. The van der Waals surface area contributed by atoms with E-state index in [-0.39, 0.29) is 96.5 Å². The molecule has 5 nitrogen and oxygen atoms in total. The van der Waals surface area contributed by atoms with E-state index in [9.17, 15) is 17.2 Å². The van der Waals surface area contributed by atoms with E-state index in [0.717, 1.165) is 55.9 Å². The van der Waals surface area contributed by atoms with E-state index < -0.39 is 21.9 Å². The molecular weight excluding hydrogens is 1030 g/mol. The molecule has 67 heavy (non-hydrogen) atoms. The van der Waals surface area contributed by atoms with Crippen LogP contribution in [0.5, 0.6) is 0 Å². The van der Waals surface area contributed by atoms with Gasteiger partial charge in [-0.25, -0.2) is 21.9 Å². The number of ether oxygens (including phenoxy) is 2. The predicted octanol–water partition coefficient (Wildman–Crippen LogP) is 19.8. The molecule has 0 heterocycles. The molecule has 2 fully saturated rings. The Bertz CT molecular complexity index is 1060. The number of sulfonamides is 1. The van der Waals surface area contributed by atoms with Crippen molar-refractivity contribution >= 4 is 18.4 Å². The average Bonchev–Trinajstić information content (AvgIpc) is 3.88. The third kappa shape index (κ3) is 72.8. The second-order valence-electron chi connectivity index (χ2n) is 22.9. The predicted molar refractivity (Wildman–Crippen MR) is 307 cm³/mol. The maximum absolute atomic E-state index is 12.9. The smallest absolute Gasteiger partial charge is 0.370 e. The van der Waals surface area contributed by atoms with Crippen LogP contribution in [0.1, 0.15) is 268 Å². The number of allylic oxidation sites excluding steroid dienone is 2. The molecule has 0 aromatic carbocycles. The second-order valence-corrected chi connectivity index (χ2v) is 24.9. The number of hydrogen-bond acceptors (Lipinski definition) is 4. The van der Waals surface area contributed by atoms with Gasteiger partial charge in [-0.05, 0) is 128 Å². The first kappa shape index (κ1) is 100. The Labute approximate surface area is 444 Å². The van der Waals surface area contributed by atoms with Crippen molar-refractivity contribution in [1.29, 1.82) is 0 Å². The molecule has 2 aliphatic carbocycles. The normalized spacial score (nSPS) is 15.3. The van der Waals surface area contributed by atoms with Crippen LogP contribution in [0.15, 0.2) is 12.2 Å². The van der Waals surface area contributed by atoms with Gasteiger partial charge in [-0.2, -0.15) is 0 Å². The van der Waals surface area contributed by atoms with Gasteiger partial charge >= 0.3 is 21.1 Å². The van der Waals surface area contributed by atoms with Gasteiger partial charge in [0.25, 0.3) is 5.92 Å². The van der Waals surface area contributed by atoms with Crippen molar-refractivity contribution in [3.8, 4) is 0 Å². The molecule has 2 atom stereocenters. The molecular formula is C57H131BF2NO4SW. The Morgan fingerprint density at radius 1 is 0.552 bits per heavy atom. The fraction of sp³-hybridized carbons (Fsp3) is 0.930. The van der Waals surface area contributed by atoms with Crippen LogP contribution in [0.2, 0.25) is 0 Å². The summed E-state index contributed by atoms with van der Waals surface area (Å²) in [6, 6.07) is 0.0330. The van der Waals surface area contributed by atoms with Gasteiger partial charge in [0.1, 0.15) is 0 Å². The molecule has 0 aromatic rings. The summed E-state index contributed by atoms with van der Waals surface area (Å²) in [6.45, 7) is 56.9. The maximum Gasteiger partial charge on any atom is 2.00 e. The number of alkyl halides is 2. The first-order chi connectivity index (χ1) is 26.1. The van der Waals surface area contributed by atoms with E-state index in [4.69, 9.17) is 9.47 Å². The number of rotatable bonds is 12. The van der Waals surface area contributed by atoms with Crippen molar-refractivity contribution in [2.45, 2.75) is 309 Å². The summed E-state index contributed by atoms with van der Waals surface area (Å²) >= 11 is 0. The molecule has 0 unspecified atom stereocenters. The molecule has 0 aromatic heterocycles. The molecule has 0 bridgehead atoms. The van der Waals surface area contributed by atoms with Crippen LogP contribution in [-0.2, 0) is 40.6 Å². The van der Waals surface area contributed by atoms with Crippen molar-refractivity contribution in [3.05, 3.63) is 27.0 Å². The molecule has 3 radical (unpaired) electrons. The molecule has 0 aliphatic heterocycles. The van der Waals surface area contributed by atoms with Gasteiger partial charge in [0, 0.05) is 20.4 Å². The minimum absolute atomic E-state index is 0. The zero-order valence-electron chi connectivity index (χ0n) is 47.8. The van der Waals surface area contributed by atoms with Crippen LogP contribution in [0.3, 0.4) is 0 Å². The van der Waals surface area contributed by atoms with Crippen molar-refractivity contribution in [2.24, 2.45) is 40.4 Å². The van der Waals surface area contributed by atoms with Crippen LogP contribution in [0.25, 0.3) is 0 Å². The van der Waals surface area contributed by atoms with Crippen LogP contribution in [0.4, 0.5) is 8.78 Å². The maximum atomic E-state index is 12.9. The standard InChI is InChI=1S/C12H24O2.C10H18F2.C8H18.C6H13NO2S.3C5H12.4CH4.2CH3.B.W/c1-11(2,3)13-9-7-8-10(9)14-12(4,5)6;1-8(2)6-5-7-10(11,12)9(3)4;1-7(2,3)8(4,5)6;1-5(2)7-10(8,9)6-3-4-6;3*1-4-5(2)3;;;;;;;;/h9-10H,7-8H2,1-6H3;5,7-9H,6H2,1-4H3;1-6H3;5-7H,3-4H2,1-2H3;3*5H,4H2,1-3H3;4*1H4;2*1H3;;/q;;;;;;;;;;;2*-1;;+2/b;7-5+;;;;;;;;;;;;;/t9-,10-;;;;;;;;;;;;;;/m1............../s1. The van der Waals surface area contributed by atoms with Crippen LogP contribution in [0, 0.1) is 55.3 Å². The Kier molecular flexibility index (Phi) is 72.5. The van der Waals surface area contributed by atoms with E-state index in [1.54, 1.807) is 6.08 Å². The Balaban J connectivity index is -0.0000000467. The Morgan fingerprint density at radius 2 is 0.806 bits per heavy atom. The summed E-state index contributed by atoms with van der Waals surface area (Å²) in [6.07, 6.45) is 11.8. The van der Waals surface area contributed by atoms with Crippen molar-refractivity contribution in [3.63, 3.8) is 0 Å². The van der Waals surface area contributed by atoms with Crippen LogP contribution in [-0.4, -0.2) is 57.5 Å². The van der Waals surface area contributed by atoms with E-state index in [1.807, 2.05) is 27.7 Å². The summed E-state index contributed by atoms with van der Waals surface area (Å²) in [4.78, 5) is 0. The zero-order chi connectivity index (χ0) is 48.4. The van der Waals surface area contributed by atoms with E-state index in [0.29, 0.717) is 29.0 Å². The minimum atomic E-state index is -2.94. The molecule has 1 N–H and O–H groups in total. The van der Waals surface area contributed by atoms with E-state index in [2.05, 4.69) is 150 Å². The number of hydrogen-bond donors (Lipinski definition) is 1. The minimum Gasteiger partial charge on any atom is -0.370 e. The second kappa shape index (κ2) is 48.5. The molecule has 2 saturated carbocycles. The average molecular weight is 1160 g/mol. The molecule has 2 rings (SSSR count). The van der Waals surface area contributed by atoms with Gasteiger partial charge in [0.05, 0.1) is 28.7 Å². The summed E-state index contributed by atoms with van der Waals surface area (Å²) in [5.41, 5.74) is 0.773. The SMILES string of the molecule is C.C.C.C.CC(C)(C)C(C)(C)C.CC(C)(C)O[C@@H]1CC[C@H]1OC(C)(C)C.CC(C)C/C=C/C(F)(F)C(C)C.CC(C)NS(=O)(=O)C1CC1.CCC(C)C.CCC(C)C.CCC(C)C.[B].[CH3-].[CH3-].[W+2]. The van der Waals surface area contributed by atoms with Gasteiger partial charge in [0.2, 0.25) is 10.0 Å². The summed E-state index contributed by atoms with van der Waals surface area (Å²) in [5, 5.41) is -0.0881. The zero-order valence-corrected chi connectivity index (χ0v) is 51.5. The number of nitrogens with one attached hydrogen (secondary N) is 1. The monoisotopic (exact) mass is 1160 g/mol.